The number of aromatic nitrogens is 2. The Kier molecular flexibility index (Phi) is 4.71. The molecule has 2 aromatic heterocycles. The van der Waals surface area contributed by atoms with E-state index in [1.165, 1.54) is 4.88 Å². The number of thiophene rings is 1. The van der Waals surface area contributed by atoms with Crippen LogP contribution in [0.3, 0.4) is 0 Å². The summed E-state index contributed by atoms with van der Waals surface area (Å²) in [5.41, 5.74) is 0. The lowest BCUT2D eigenvalue weighted by Gasteiger charge is -2.14. The second-order valence-corrected chi connectivity index (χ2v) is 5.78. The molecule has 2 heterocycles. The summed E-state index contributed by atoms with van der Waals surface area (Å²) < 4.78 is 5.52. The summed E-state index contributed by atoms with van der Waals surface area (Å²) >= 11 is 1.71. The molecule has 4 nitrogen and oxygen atoms in total. The van der Waals surface area contributed by atoms with Crippen molar-refractivity contribution in [1.82, 2.24) is 9.97 Å². The van der Waals surface area contributed by atoms with E-state index in [-0.39, 0.29) is 6.10 Å². The maximum absolute atomic E-state index is 5.52. The van der Waals surface area contributed by atoms with Gasteiger partial charge in [-0.2, -0.15) is 0 Å². The van der Waals surface area contributed by atoms with Crippen LogP contribution in [0.5, 0.6) is 0 Å². The van der Waals surface area contributed by atoms with Gasteiger partial charge in [0, 0.05) is 18.5 Å². The first kappa shape index (κ1) is 14.2. The maximum Gasteiger partial charge on any atom is 0.161 e. The van der Waals surface area contributed by atoms with Crippen LogP contribution in [0.25, 0.3) is 10.2 Å². The molecule has 5 heteroatoms. The van der Waals surface area contributed by atoms with Crippen LogP contribution in [-0.2, 0) is 4.74 Å². The van der Waals surface area contributed by atoms with Crippen LogP contribution in [0.15, 0.2) is 6.07 Å². The molecular formula is C14H21N3OS. The van der Waals surface area contributed by atoms with Gasteiger partial charge >= 0.3 is 0 Å². The minimum Gasteiger partial charge on any atom is -0.373 e. The van der Waals surface area contributed by atoms with Crippen LogP contribution in [0, 0.1) is 6.92 Å². The molecule has 0 aromatic carbocycles. The minimum absolute atomic E-state index is 0.0192. The van der Waals surface area contributed by atoms with Crippen molar-refractivity contribution in [3.63, 3.8) is 0 Å². The Morgan fingerprint density at radius 1 is 1.37 bits per heavy atom. The molecule has 0 aliphatic heterocycles. The molecule has 0 radical (unpaired) electrons. The van der Waals surface area contributed by atoms with Crippen molar-refractivity contribution in [2.45, 2.75) is 39.7 Å². The molecule has 0 saturated heterocycles. The number of aryl methyl sites for hydroxylation is 1. The molecule has 0 bridgehead atoms. The summed E-state index contributed by atoms with van der Waals surface area (Å²) in [5, 5.41) is 4.44. The number of methoxy groups -OCH3 is 1. The monoisotopic (exact) mass is 279 g/mol. The van der Waals surface area contributed by atoms with Crippen molar-refractivity contribution in [2.24, 2.45) is 0 Å². The number of anilines is 1. The third kappa shape index (κ3) is 3.04. The average Bonchev–Trinajstić information content (AvgIpc) is 2.76. The van der Waals surface area contributed by atoms with E-state index < -0.39 is 0 Å². The summed E-state index contributed by atoms with van der Waals surface area (Å²) in [4.78, 5) is 11.6. The first-order chi connectivity index (χ1) is 9.19. The fourth-order valence-corrected chi connectivity index (χ4v) is 3.01. The molecule has 2 aromatic rings. The first-order valence-corrected chi connectivity index (χ1v) is 7.56. The predicted molar refractivity (Wildman–Crippen MR) is 81.0 cm³/mol. The highest BCUT2D eigenvalue weighted by Gasteiger charge is 2.17. The van der Waals surface area contributed by atoms with Gasteiger partial charge in [-0.15, -0.1) is 11.3 Å². The van der Waals surface area contributed by atoms with Crippen LogP contribution in [-0.4, -0.2) is 23.6 Å². The molecular weight excluding hydrogens is 258 g/mol. The van der Waals surface area contributed by atoms with Crippen molar-refractivity contribution >= 4 is 27.4 Å². The molecule has 0 fully saturated rings. The minimum atomic E-state index is -0.0192. The van der Waals surface area contributed by atoms with Crippen LogP contribution in [0.4, 0.5) is 5.82 Å². The van der Waals surface area contributed by atoms with E-state index in [9.17, 15) is 0 Å². The van der Waals surface area contributed by atoms with Crippen LogP contribution in [0.1, 0.15) is 43.5 Å². The fourth-order valence-electron chi connectivity index (χ4n) is 2.12. The van der Waals surface area contributed by atoms with Gasteiger partial charge in [0.1, 0.15) is 16.8 Å². The van der Waals surface area contributed by atoms with Crippen LogP contribution >= 0.6 is 11.3 Å². The van der Waals surface area contributed by atoms with Gasteiger partial charge in [-0.3, -0.25) is 0 Å². The summed E-state index contributed by atoms with van der Waals surface area (Å²) in [6, 6.07) is 2.14. The van der Waals surface area contributed by atoms with E-state index in [0.717, 1.165) is 41.2 Å². The highest BCUT2D eigenvalue weighted by atomic mass is 32.1. The number of nitrogens with zero attached hydrogens (tertiary/aromatic N) is 2. The van der Waals surface area contributed by atoms with Gasteiger partial charge in [-0.05, 0) is 26.3 Å². The average molecular weight is 279 g/mol. The van der Waals surface area contributed by atoms with Gasteiger partial charge in [-0.25, -0.2) is 9.97 Å². The van der Waals surface area contributed by atoms with Crippen molar-refractivity contribution in [2.75, 3.05) is 19.0 Å². The number of fused-ring (bicyclic) bond motifs is 1. The molecule has 1 unspecified atom stereocenters. The van der Waals surface area contributed by atoms with Crippen LogP contribution < -0.4 is 5.32 Å². The van der Waals surface area contributed by atoms with E-state index in [0.29, 0.717) is 0 Å². The lowest BCUT2D eigenvalue weighted by Crippen LogP contribution is -2.09. The van der Waals surface area contributed by atoms with Gasteiger partial charge in [0.25, 0.3) is 0 Å². The standard InChI is InChI=1S/C14H21N3OS/c1-5-7-11(18-4)13-16-12(15-6-2)10-8-9(3)19-14(10)17-13/h8,11H,5-7H2,1-4H3,(H,15,16,17). The van der Waals surface area contributed by atoms with Gasteiger partial charge < -0.3 is 10.1 Å². The van der Waals surface area contributed by atoms with Crippen LogP contribution in [0.2, 0.25) is 0 Å². The zero-order chi connectivity index (χ0) is 13.8. The smallest absolute Gasteiger partial charge is 0.161 e. The Hall–Kier alpha value is -1.20. The van der Waals surface area contributed by atoms with Crippen molar-refractivity contribution in [3.8, 4) is 0 Å². The maximum atomic E-state index is 5.52. The van der Waals surface area contributed by atoms with Gasteiger partial charge in [0.2, 0.25) is 0 Å². The summed E-state index contributed by atoms with van der Waals surface area (Å²) in [5.74, 6) is 1.71. The van der Waals surface area contributed by atoms with Crippen molar-refractivity contribution in [1.29, 1.82) is 0 Å². The zero-order valence-electron chi connectivity index (χ0n) is 12.0. The molecule has 0 amide bonds. The molecule has 0 aliphatic rings. The van der Waals surface area contributed by atoms with Crippen molar-refractivity contribution in [3.05, 3.63) is 16.8 Å². The number of ether oxygens (including phenoxy) is 1. The second-order valence-electron chi connectivity index (χ2n) is 4.55. The Labute approximate surface area is 118 Å². The summed E-state index contributed by atoms with van der Waals surface area (Å²) in [6.07, 6.45) is 1.98. The van der Waals surface area contributed by atoms with E-state index in [4.69, 9.17) is 4.74 Å². The molecule has 104 valence electrons. The normalized spacial score (nSPS) is 12.8. The third-order valence-corrected chi connectivity index (χ3v) is 3.95. The molecule has 2 rings (SSSR count). The lowest BCUT2D eigenvalue weighted by molar-refractivity contribution is 0.0881. The van der Waals surface area contributed by atoms with E-state index >= 15 is 0 Å². The van der Waals surface area contributed by atoms with Crippen molar-refractivity contribution < 1.29 is 4.74 Å². The topological polar surface area (TPSA) is 47.0 Å². The van der Waals surface area contributed by atoms with E-state index in [2.05, 4.69) is 42.1 Å². The highest BCUT2D eigenvalue weighted by Crippen LogP contribution is 2.31. The Morgan fingerprint density at radius 2 is 2.16 bits per heavy atom. The quantitative estimate of drug-likeness (QED) is 0.870. The number of nitrogens with one attached hydrogen (secondary N) is 1. The predicted octanol–water partition coefficient (Wildman–Crippen LogP) is 3.92. The fraction of sp³-hybridized carbons (Fsp3) is 0.571. The molecule has 0 saturated carbocycles. The summed E-state index contributed by atoms with van der Waals surface area (Å²) in [6.45, 7) is 7.17. The zero-order valence-corrected chi connectivity index (χ0v) is 12.8. The summed E-state index contributed by atoms with van der Waals surface area (Å²) in [7, 11) is 1.72. The SMILES string of the molecule is CCCC(OC)c1nc(NCC)c2cc(C)sc2n1. The molecule has 0 spiro atoms. The number of hydrogen-bond acceptors (Lipinski definition) is 5. The van der Waals surface area contributed by atoms with Gasteiger partial charge in [0.15, 0.2) is 5.82 Å². The van der Waals surface area contributed by atoms with Gasteiger partial charge in [-0.1, -0.05) is 13.3 Å². The molecule has 0 aliphatic carbocycles. The highest BCUT2D eigenvalue weighted by molar-refractivity contribution is 7.18. The molecule has 19 heavy (non-hydrogen) atoms. The third-order valence-electron chi connectivity index (χ3n) is 3.00. The molecule has 1 N–H and O–H groups in total. The molecule has 1 atom stereocenters. The van der Waals surface area contributed by atoms with E-state index in [1.54, 1.807) is 18.4 Å². The lowest BCUT2D eigenvalue weighted by atomic mass is 10.2. The number of hydrogen-bond donors (Lipinski definition) is 1. The number of rotatable bonds is 6. The Bertz CT molecular complexity index is 553. The van der Waals surface area contributed by atoms with Gasteiger partial charge in [0.05, 0.1) is 5.39 Å². The Morgan fingerprint density at radius 3 is 2.79 bits per heavy atom. The first-order valence-electron chi connectivity index (χ1n) is 6.74. The second kappa shape index (κ2) is 6.30. The van der Waals surface area contributed by atoms with E-state index in [1.807, 2.05) is 0 Å². The Balaban J connectivity index is 2.49. The largest absolute Gasteiger partial charge is 0.373 e.